The molecule has 152 valence electrons. The number of nitrogens with one attached hydrogen (secondary N) is 4. The number of hydrogen-bond acceptors (Lipinski definition) is 5. The normalized spacial score (nSPS) is 41.1. The highest BCUT2D eigenvalue weighted by atomic mass is 16.1. The van der Waals surface area contributed by atoms with Gasteiger partial charge in [0, 0.05) is 37.8 Å². The Labute approximate surface area is 163 Å². The monoisotopic (exact) mass is 375 g/mol. The van der Waals surface area contributed by atoms with E-state index < -0.39 is 0 Å². The highest BCUT2D eigenvalue weighted by Gasteiger charge is 2.46. The van der Waals surface area contributed by atoms with Gasteiger partial charge in [-0.1, -0.05) is 25.8 Å². The lowest BCUT2D eigenvalue weighted by atomic mass is 9.72. The lowest BCUT2D eigenvalue weighted by Gasteiger charge is -2.52. The summed E-state index contributed by atoms with van der Waals surface area (Å²) in [5, 5.41) is 13.4. The molecule has 1 amide bonds. The molecule has 6 atom stereocenters. The number of amides is 1. The van der Waals surface area contributed by atoms with Crippen molar-refractivity contribution >= 4 is 5.91 Å². The SMILES string of the molecule is C=CC(=O)NC1CCC2NC(C3CCCCC3)NC(C3CCN(C)N3)C2C1. The molecule has 0 bridgehead atoms. The van der Waals surface area contributed by atoms with Crippen LogP contribution < -0.4 is 21.4 Å². The molecule has 2 aliphatic heterocycles. The molecule has 6 nitrogen and oxygen atoms in total. The molecule has 4 N–H and O–H groups in total. The molecule has 0 radical (unpaired) electrons. The van der Waals surface area contributed by atoms with Crippen LogP contribution >= 0.6 is 0 Å². The summed E-state index contributed by atoms with van der Waals surface area (Å²) in [6.07, 6.45) is 13.2. The highest BCUT2D eigenvalue weighted by molar-refractivity contribution is 5.87. The third-order valence-electron chi connectivity index (χ3n) is 7.37. The minimum absolute atomic E-state index is 0.0365. The van der Waals surface area contributed by atoms with Crippen molar-refractivity contribution in [1.29, 1.82) is 0 Å². The molecule has 2 heterocycles. The minimum atomic E-state index is -0.0365. The summed E-state index contributed by atoms with van der Waals surface area (Å²) < 4.78 is 0. The summed E-state index contributed by atoms with van der Waals surface area (Å²) >= 11 is 0. The van der Waals surface area contributed by atoms with Crippen molar-refractivity contribution in [1.82, 2.24) is 26.4 Å². The van der Waals surface area contributed by atoms with Gasteiger partial charge in [-0.15, -0.1) is 0 Å². The summed E-state index contributed by atoms with van der Waals surface area (Å²) in [6.45, 7) is 4.71. The Kier molecular flexibility index (Phi) is 6.17. The number of rotatable bonds is 4. The molecule has 0 aromatic rings. The zero-order valence-electron chi connectivity index (χ0n) is 16.8. The maximum atomic E-state index is 11.8. The first-order chi connectivity index (χ1) is 13.1. The van der Waals surface area contributed by atoms with E-state index >= 15 is 0 Å². The molecule has 2 saturated heterocycles. The van der Waals surface area contributed by atoms with Gasteiger partial charge in [0.1, 0.15) is 0 Å². The van der Waals surface area contributed by atoms with Crippen molar-refractivity contribution < 1.29 is 4.79 Å². The van der Waals surface area contributed by atoms with Gasteiger partial charge in [-0.3, -0.25) is 20.9 Å². The minimum Gasteiger partial charge on any atom is -0.350 e. The van der Waals surface area contributed by atoms with E-state index in [0.29, 0.717) is 30.2 Å². The van der Waals surface area contributed by atoms with Crippen LogP contribution in [0.2, 0.25) is 0 Å². The van der Waals surface area contributed by atoms with E-state index in [1.807, 2.05) is 0 Å². The van der Waals surface area contributed by atoms with E-state index in [1.165, 1.54) is 44.6 Å². The van der Waals surface area contributed by atoms with Gasteiger partial charge < -0.3 is 5.32 Å². The van der Waals surface area contributed by atoms with Crippen LogP contribution in [0.3, 0.4) is 0 Å². The van der Waals surface area contributed by atoms with E-state index in [9.17, 15) is 4.79 Å². The van der Waals surface area contributed by atoms with Crippen LogP contribution in [0.4, 0.5) is 0 Å². The number of hydrazine groups is 1. The first-order valence-electron chi connectivity index (χ1n) is 11.1. The van der Waals surface area contributed by atoms with Crippen LogP contribution in [-0.2, 0) is 4.79 Å². The maximum Gasteiger partial charge on any atom is 0.243 e. The molecule has 0 spiro atoms. The highest BCUT2D eigenvalue weighted by Crippen LogP contribution is 2.36. The Bertz CT molecular complexity index is 535. The Morgan fingerprint density at radius 1 is 1.07 bits per heavy atom. The Balaban J connectivity index is 1.48. The van der Waals surface area contributed by atoms with Gasteiger partial charge in [0.15, 0.2) is 0 Å². The number of hydrogen-bond donors (Lipinski definition) is 4. The first-order valence-corrected chi connectivity index (χ1v) is 11.1. The number of carbonyl (C=O) groups is 1. The van der Waals surface area contributed by atoms with Gasteiger partial charge in [-0.05, 0) is 56.4 Å². The second-order valence-corrected chi connectivity index (χ2v) is 9.17. The second-order valence-electron chi connectivity index (χ2n) is 9.17. The predicted molar refractivity (Wildman–Crippen MR) is 108 cm³/mol. The molecule has 4 aliphatic rings. The summed E-state index contributed by atoms with van der Waals surface area (Å²) in [7, 11) is 2.14. The van der Waals surface area contributed by atoms with Crippen LogP contribution in [0.15, 0.2) is 12.7 Å². The maximum absolute atomic E-state index is 11.8. The van der Waals surface area contributed by atoms with Gasteiger partial charge in [0.05, 0.1) is 6.17 Å². The van der Waals surface area contributed by atoms with Gasteiger partial charge in [-0.25, -0.2) is 5.01 Å². The van der Waals surface area contributed by atoms with E-state index in [4.69, 9.17) is 0 Å². The summed E-state index contributed by atoms with van der Waals surface area (Å²) in [5.74, 6) is 1.28. The topological polar surface area (TPSA) is 68.4 Å². The van der Waals surface area contributed by atoms with E-state index in [0.717, 1.165) is 31.7 Å². The van der Waals surface area contributed by atoms with Crippen molar-refractivity contribution in [2.45, 2.75) is 88.1 Å². The Morgan fingerprint density at radius 3 is 2.59 bits per heavy atom. The van der Waals surface area contributed by atoms with Crippen LogP contribution in [0.25, 0.3) is 0 Å². The molecule has 2 saturated carbocycles. The fraction of sp³-hybridized carbons (Fsp3) is 0.857. The quantitative estimate of drug-likeness (QED) is 0.561. The zero-order valence-corrected chi connectivity index (χ0v) is 16.8. The van der Waals surface area contributed by atoms with E-state index in [2.05, 4.69) is 40.0 Å². The summed E-state index contributed by atoms with van der Waals surface area (Å²) in [4.78, 5) is 11.8. The van der Waals surface area contributed by atoms with Crippen molar-refractivity contribution in [2.75, 3.05) is 13.6 Å². The summed E-state index contributed by atoms with van der Waals surface area (Å²) in [5.41, 5.74) is 3.69. The second kappa shape index (κ2) is 8.60. The number of nitrogens with zero attached hydrogens (tertiary/aromatic N) is 1. The van der Waals surface area contributed by atoms with Crippen molar-refractivity contribution in [3.8, 4) is 0 Å². The molecule has 0 aromatic carbocycles. The lowest BCUT2D eigenvalue weighted by molar-refractivity contribution is -0.117. The molecular formula is C21H37N5O. The largest absolute Gasteiger partial charge is 0.350 e. The molecule has 6 heteroatoms. The fourth-order valence-corrected chi connectivity index (χ4v) is 5.97. The first kappa shape index (κ1) is 19.4. The summed E-state index contributed by atoms with van der Waals surface area (Å²) in [6, 6.07) is 1.79. The Hall–Kier alpha value is -0.950. The standard InChI is InChI=1S/C21H37N5O/c1-3-19(27)22-15-9-10-17-16(13-15)20(18-11-12-26(2)25-18)24-21(23-17)14-7-5-4-6-8-14/h3,14-18,20-21,23-25H,1,4-13H2,2H3,(H,22,27). The molecule has 27 heavy (non-hydrogen) atoms. The predicted octanol–water partition coefficient (Wildman–Crippen LogP) is 1.50. The van der Waals surface area contributed by atoms with Crippen LogP contribution in [-0.4, -0.2) is 54.8 Å². The smallest absolute Gasteiger partial charge is 0.243 e. The molecule has 4 rings (SSSR count). The average Bonchev–Trinajstić information content (AvgIpc) is 3.14. The molecule has 4 fully saturated rings. The van der Waals surface area contributed by atoms with Gasteiger partial charge in [0.2, 0.25) is 5.91 Å². The zero-order chi connectivity index (χ0) is 18.8. The van der Waals surface area contributed by atoms with Crippen molar-refractivity contribution in [3.63, 3.8) is 0 Å². The van der Waals surface area contributed by atoms with E-state index in [-0.39, 0.29) is 11.9 Å². The fourth-order valence-electron chi connectivity index (χ4n) is 5.97. The Morgan fingerprint density at radius 2 is 1.89 bits per heavy atom. The average molecular weight is 376 g/mol. The molecule has 0 aromatic heterocycles. The van der Waals surface area contributed by atoms with Crippen LogP contribution in [0.5, 0.6) is 0 Å². The van der Waals surface area contributed by atoms with Gasteiger partial charge >= 0.3 is 0 Å². The van der Waals surface area contributed by atoms with Crippen LogP contribution in [0, 0.1) is 11.8 Å². The number of fused-ring (bicyclic) bond motifs is 1. The van der Waals surface area contributed by atoms with Crippen molar-refractivity contribution in [2.24, 2.45) is 11.8 Å². The van der Waals surface area contributed by atoms with Gasteiger partial charge in [0.25, 0.3) is 0 Å². The lowest BCUT2D eigenvalue weighted by Crippen LogP contribution is -2.71. The van der Waals surface area contributed by atoms with Crippen LogP contribution in [0.1, 0.15) is 57.8 Å². The molecular weight excluding hydrogens is 338 g/mol. The third-order valence-corrected chi connectivity index (χ3v) is 7.37. The van der Waals surface area contributed by atoms with E-state index in [1.54, 1.807) is 0 Å². The molecule has 6 unspecified atom stereocenters. The van der Waals surface area contributed by atoms with Gasteiger partial charge in [-0.2, -0.15) is 0 Å². The molecule has 2 aliphatic carbocycles. The number of carbonyl (C=O) groups excluding carboxylic acids is 1. The van der Waals surface area contributed by atoms with Crippen molar-refractivity contribution in [3.05, 3.63) is 12.7 Å². The third kappa shape index (κ3) is 4.39.